The first kappa shape index (κ1) is 13.8. The predicted octanol–water partition coefficient (Wildman–Crippen LogP) is 3.51. The fraction of sp³-hybridized carbons (Fsp3) is 0.438. The highest BCUT2D eigenvalue weighted by molar-refractivity contribution is 5.77. The van der Waals surface area contributed by atoms with Crippen molar-refractivity contribution in [3.8, 4) is 0 Å². The lowest BCUT2D eigenvalue weighted by atomic mass is 9.98. The molecule has 0 spiro atoms. The molecule has 0 saturated carbocycles. The Bertz CT molecular complexity index is 441. The molecule has 102 valence electrons. The molecule has 1 aliphatic heterocycles. The smallest absolute Gasteiger partial charge is 0.147 e. The Hall–Kier alpha value is -1.61. The molecule has 1 aliphatic rings. The summed E-state index contributed by atoms with van der Waals surface area (Å²) in [5.74, 6) is 0. The van der Waals surface area contributed by atoms with E-state index in [0.29, 0.717) is 0 Å². The van der Waals surface area contributed by atoms with E-state index in [-0.39, 0.29) is 12.1 Å². The molecule has 3 heteroatoms. The van der Waals surface area contributed by atoms with Gasteiger partial charge in [0.05, 0.1) is 11.7 Å². The van der Waals surface area contributed by atoms with Crippen molar-refractivity contribution >= 4 is 12.0 Å². The fourth-order valence-corrected chi connectivity index (χ4v) is 2.39. The zero-order valence-electron chi connectivity index (χ0n) is 11.6. The van der Waals surface area contributed by atoms with E-state index in [0.717, 1.165) is 36.8 Å². The van der Waals surface area contributed by atoms with Crippen LogP contribution in [0.4, 0.5) is 5.69 Å². The first-order valence-electron chi connectivity index (χ1n) is 6.98. The van der Waals surface area contributed by atoms with Gasteiger partial charge in [0.2, 0.25) is 0 Å². The van der Waals surface area contributed by atoms with Crippen molar-refractivity contribution < 1.29 is 9.63 Å². The average Bonchev–Trinajstić information content (AvgIpc) is 2.48. The third-order valence-electron chi connectivity index (χ3n) is 3.41. The standard InChI is InChI=1S/C16H21NO2/c1-3-8-16-13(12-18)11-15(4-2)19-17(16)14-9-6-5-7-10-14/h5-7,9-12,15-16H,3-4,8H2,1-2H3/t15-,16-/m1/s1. The van der Waals surface area contributed by atoms with E-state index in [9.17, 15) is 4.79 Å². The maximum atomic E-state index is 11.3. The molecule has 1 aromatic carbocycles. The minimum absolute atomic E-state index is 0.0199. The molecule has 0 unspecified atom stereocenters. The highest BCUT2D eigenvalue weighted by Crippen LogP contribution is 2.29. The van der Waals surface area contributed by atoms with Crippen LogP contribution in [0.25, 0.3) is 0 Å². The molecule has 0 bridgehead atoms. The van der Waals surface area contributed by atoms with Crippen LogP contribution in [0.5, 0.6) is 0 Å². The number of carbonyl (C=O) groups excluding carboxylic acids is 1. The van der Waals surface area contributed by atoms with Crippen molar-refractivity contribution in [2.45, 2.75) is 45.3 Å². The topological polar surface area (TPSA) is 29.5 Å². The maximum Gasteiger partial charge on any atom is 0.147 e. The van der Waals surface area contributed by atoms with Crippen LogP contribution in [0, 0.1) is 0 Å². The molecule has 0 saturated heterocycles. The van der Waals surface area contributed by atoms with Gasteiger partial charge in [-0.15, -0.1) is 0 Å². The van der Waals surface area contributed by atoms with E-state index < -0.39 is 0 Å². The van der Waals surface area contributed by atoms with Crippen molar-refractivity contribution in [3.63, 3.8) is 0 Å². The number of para-hydroxylation sites is 1. The molecule has 0 aliphatic carbocycles. The normalized spacial score (nSPS) is 23.1. The van der Waals surface area contributed by atoms with E-state index in [4.69, 9.17) is 4.84 Å². The second-order valence-corrected chi connectivity index (χ2v) is 4.80. The van der Waals surface area contributed by atoms with Gasteiger partial charge in [0.25, 0.3) is 0 Å². The second-order valence-electron chi connectivity index (χ2n) is 4.80. The van der Waals surface area contributed by atoms with Gasteiger partial charge in [0, 0.05) is 5.57 Å². The van der Waals surface area contributed by atoms with Gasteiger partial charge >= 0.3 is 0 Å². The van der Waals surface area contributed by atoms with E-state index in [1.807, 2.05) is 41.5 Å². The van der Waals surface area contributed by atoms with Crippen molar-refractivity contribution in [3.05, 3.63) is 42.0 Å². The minimum atomic E-state index is -0.0199. The first-order chi connectivity index (χ1) is 9.30. The first-order valence-corrected chi connectivity index (χ1v) is 6.98. The minimum Gasteiger partial charge on any atom is -0.298 e. The molecule has 0 amide bonds. The molecule has 3 nitrogen and oxygen atoms in total. The number of hydroxylamine groups is 1. The molecule has 19 heavy (non-hydrogen) atoms. The van der Waals surface area contributed by atoms with Crippen LogP contribution in [0.1, 0.15) is 33.1 Å². The van der Waals surface area contributed by atoms with Gasteiger partial charge in [-0.2, -0.15) is 0 Å². The van der Waals surface area contributed by atoms with Crippen LogP contribution in [-0.4, -0.2) is 18.4 Å². The van der Waals surface area contributed by atoms with Gasteiger partial charge in [-0.05, 0) is 31.1 Å². The van der Waals surface area contributed by atoms with Gasteiger partial charge in [-0.3, -0.25) is 9.63 Å². The van der Waals surface area contributed by atoms with Gasteiger partial charge in [-0.25, -0.2) is 5.06 Å². The van der Waals surface area contributed by atoms with E-state index in [1.54, 1.807) is 0 Å². The predicted molar refractivity (Wildman–Crippen MR) is 76.9 cm³/mol. The van der Waals surface area contributed by atoms with Crippen LogP contribution in [0.15, 0.2) is 42.0 Å². The Morgan fingerprint density at radius 1 is 1.26 bits per heavy atom. The number of benzene rings is 1. The molecule has 0 radical (unpaired) electrons. The number of hydrogen-bond donors (Lipinski definition) is 0. The summed E-state index contributed by atoms with van der Waals surface area (Å²) in [6, 6.07) is 10.0. The van der Waals surface area contributed by atoms with Crippen molar-refractivity contribution in [2.75, 3.05) is 5.06 Å². The van der Waals surface area contributed by atoms with Crippen LogP contribution in [0.2, 0.25) is 0 Å². The fourth-order valence-electron chi connectivity index (χ4n) is 2.39. The Morgan fingerprint density at radius 3 is 2.58 bits per heavy atom. The molecular formula is C16H21NO2. The third kappa shape index (κ3) is 3.04. The summed E-state index contributed by atoms with van der Waals surface area (Å²) >= 11 is 0. The van der Waals surface area contributed by atoms with Crippen molar-refractivity contribution in [1.82, 2.24) is 0 Å². The summed E-state index contributed by atoms with van der Waals surface area (Å²) in [6.45, 7) is 4.18. The molecular weight excluding hydrogens is 238 g/mol. The zero-order valence-corrected chi connectivity index (χ0v) is 11.6. The summed E-state index contributed by atoms with van der Waals surface area (Å²) < 4.78 is 0. The molecule has 1 heterocycles. The van der Waals surface area contributed by atoms with Crippen LogP contribution in [0.3, 0.4) is 0 Å². The summed E-state index contributed by atoms with van der Waals surface area (Å²) in [5, 5.41) is 1.90. The number of anilines is 1. The monoisotopic (exact) mass is 259 g/mol. The summed E-state index contributed by atoms with van der Waals surface area (Å²) in [7, 11) is 0. The van der Waals surface area contributed by atoms with Gasteiger partial charge in [-0.1, -0.05) is 38.5 Å². The van der Waals surface area contributed by atoms with Gasteiger partial charge < -0.3 is 0 Å². The Morgan fingerprint density at radius 2 is 2.00 bits per heavy atom. The quantitative estimate of drug-likeness (QED) is 0.758. The highest BCUT2D eigenvalue weighted by atomic mass is 16.7. The summed E-state index contributed by atoms with van der Waals surface area (Å²) in [6.07, 6.45) is 5.71. The lowest BCUT2D eigenvalue weighted by Crippen LogP contribution is -2.43. The van der Waals surface area contributed by atoms with Gasteiger partial charge in [0.15, 0.2) is 0 Å². The van der Waals surface area contributed by atoms with E-state index >= 15 is 0 Å². The molecule has 1 aromatic rings. The number of rotatable bonds is 5. The Labute approximate surface area is 114 Å². The SMILES string of the molecule is CCC[C@@H]1C(C=O)=C[C@@H](CC)ON1c1ccccc1. The summed E-state index contributed by atoms with van der Waals surface area (Å²) in [5.41, 5.74) is 1.84. The number of hydrogen-bond acceptors (Lipinski definition) is 3. The van der Waals surface area contributed by atoms with Crippen molar-refractivity contribution in [2.24, 2.45) is 0 Å². The Balaban J connectivity index is 2.34. The molecule has 0 N–H and O–H groups in total. The number of carbonyl (C=O) groups is 1. The lowest BCUT2D eigenvalue weighted by Gasteiger charge is -2.38. The molecule has 0 aromatic heterocycles. The average molecular weight is 259 g/mol. The molecule has 0 fully saturated rings. The van der Waals surface area contributed by atoms with E-state index in [2.05, 4.69) is 13.8 Å². The third-order valence-corrected chi connectivity index (χ3v) is 3.41. The second kappa shape index (κ2) is 6.53. The van der Waals surface area contributed by atoms with Crippen LogP contribution in [-0.2, 0) is 9.63 Å². The highest BCUT2D eigenvalue weighted by Gasteiger charge is 2.29. The Kier molecular flexibility index (Phi) is 4.74. The molecule has 2 rings (SSSR count). The maximum absolute atomic E-state index is 11.3. The van der Waals surface area contributed by atoms with Crippen LogP contribution >= 0.6 is 0 Å². The van der Waals surface area contributed by atoms with Crippen LogP contribution < -0.4 is 5.06 Å². The largest absolute Gasteiger partial charge is 0.298 e. The zero-order chi connectivity index (χ0) is 13.7. The lowest BCUT2D eigenvalue weighted by molar-refractivity contribution is -0.105. The summed E-state index contributed by atoms with van der Waals surface area (Å²) in [4.78, 5) is 17.3. The number of nitrogens with zero attached hydrogens (tertiary/aromatic N) is 1. The van der Waals surface area contributed by atoms with Crippen molar-refractivity contribution in [1.29, 1.82) is 0 Å². The van der Waals surface area contributed by atoms with Gasteiger partial charge in [0.1, 0.15) is 12.4 Å². The molecule has 2 atom stereocenters. The number of aldehydes is 1. The van der Waals surface area contributed by atoms with E-state index in [1.165, 1.54) is 0 Å².